The lowest BCUT2D eigenvalue weighted by Gasteiger charge is -2.19. The van der Waals surface area contributed by atoms with Gasteiger partial charge in [-0.25, -0.2) is 4.79 Å². The van der Waals surface area contributed by atoms with Gasteiger partial charge in [0.15, 0.2) is 0 Å². The highest BCUT2D eigenvalue weighted by Crippen LogP contribution is 2.11. The van der Waals surface area contributed by atoms with E-state index in [1.807, 2.05) is 6.92 Å². The second-order valence-corrected chi connectivity index (χ2v) is 4.01. The molecule has 0 aliphatic carbocycles. The molecule has 6 heteroatoms. The minimum Gasteiger partial charge on any atom is -0.480 e. The van der Waals surface area contributed by atoms with Gasteiger partial charge < -0.3 is 14.9 Å². The lowest BCUT2D eigenvalue weighted by Crippen LogP contribution is -2.45. The average Bonchev–Trinajstić information content (AvgIpc) is 2.70. The summed E-state index contributed by atoms with van der Waals surface area (Å²) < 4.78 is 4.77. The van der Waals surface area contributed by atoms with Gasteiger partial charge in [-0.1, -0.05) is 25.4 Å². The Morgan fingerprint density at radius 2 is 2.24 bits per heavy atom. The fraction of sp³-hybridized carbons (Fsp3) is 0.545. The van der Waals surface area contributed by atoms with Crippen molar-refractivity contribution in [3.8, 4) is 0 Å². The lowest BCUT2D eigenvalue weighted by atomic mass is 9.99. The number of carboxylic acids is 1. The molecule has 2 N–H and O–H groups in total. The fourth-order valence-corrected chi connectivity index (χ4v) is 1.40. The van der Waals surface area contributed by atoms with Crippen LogP contribution in [0.15, 0.2) is 10.7 Å². The van der Waals surface area contributed by atoms with Gasteiger partial charge in [0, 0.05) is 5.56 Å². The minimum atomic E-state index is -1.05. The van der Waals surface area contributed by atoms with Crippen molar-refractivity contribution in [1.82, 2.24) is 10.5 Å². The van der Waals surface area contributed by atoms with Gasteiger partial charge >= 0.3 is 5.97 Å². The molecule has 0 radical (unpaired) electrons. The predicted octanol–water partition coefficient (Wildman–Crippen LogP) is 1.21. The Kier molecular flexibility index (Phi) is 4.25. The van der Waals surface area contributed by atoms with Crippen LogP contribution in [0.2, 0.25) is 0 Å². The molecule has 0 aliphatic heterocycles. The summed E-state index contributed by atoms with van der Waals surface area (Å²) in [5.41, 5.74) is 0.579. The number of carbonyl (C=O) groups is 2. The summed E-state index contributed by atoms with van der Waals surface area (Å²) in [5, 5.41) is 14.9. The van der Waals surface area contributed by atoms with E-state index in [1.54, 1.807) is 13.8 Å². The topological polar surface area (TPSA) is 92.4 Å². The zero-order chi connectivity index (χ0) is 13.0. The number of amides is 1. The lowest BCUT2D eigenvalue weighted by molar-refractivity contribution is -0.140. The molecule has 0 saturated heterocycles. The van der Waals surface area contributed by atoms with Crippen molar-refractivity contribution >= 4 is 11.9 Å². The standard InChI is InChI=1S/C11H16N2O4/c1-4-6(2)8(11(15)16)13-10(14)9-7(3)5-12-17-9/h5-6,8H,4H2,1-3H3,(H,13,14)(H,15,16)/t6-,8-/m0/s1. The van der Waals surface area contributed by atoms with Crippen LogP contribution in [-0.2, 0) is 4.79 Å². The number of hydrogen-bond donors (Lipinski definition) is 2. The summed E-state index contributed by atoms with van der Waals surface area (Å²) in [6.07, 6.45) is 2.07. The molecular weight excluding hydrogens is 224 g/mol. The summed E-state index contributed by atoms with van der Waals surface area (Å²) >= 11 is 0. The molecular formula is C11H16N2O4. The number of aliphatic carboxylic acids is 1. The summed E-state index contributed by atoms with van der Waals surface area (Å²) in [6.45, 7) is 5.31. The first-order valence-corrected chi connectivity index (χ1v) is 5.42. The van der Waals surface area contributed by atoms with Gasteiger partial charge in [0.05, 0.1) is 6.20 Å². The Morgan fingerprint density at radius 3 is 2.65 bits per heavy atom. The third-order valence-electron chi connectivity index (χ3n) is 2.72. The van der Waals surface area contributed by atoms with E-state index < -0.39 is 17.9 Å². The molecule has 0 bridgehead atoms. The molecule has 1 amide bonds. The molecule has 0 aromatic carbocycles. The second-order valence-electron chi connectivity index (χ2n) is 4.01. The number of carboxylic acid groups (broad SMARTS) is 1. The van der Waals surface area contributed by atoms with Gasteiger partial charge in [0.25, 0.3) is 5.91 Å². The number of hydrogen-bond acceptors (Lipinski definition) is 4. The predicted molar refractivity (Wildman–Crippen MR) is 59.6 cm³/mol. The van der Waals surface area contributed by atoms with Crippen LogP contribution in [0.4, 0.5) is 0 Å². The van der Waals surface area contributed by atoms with Gasteiger partial charge in [-0.05, 0) is 12.8 Å². The molecule has 0 spiro atoms. The van der Waals surface area contributed by atoms with E-state index >= 15 is 0 Å². The Balaban J connectivity index is 2.78. The highest BCUT2D eigenvalue weighted by atomic mass is 16.5. The molecule has 1 aromatic rings. The molecule has 1 rings (SSSR count). The summed E-state index contributed by atoms with van der Waals surface area (Å²) in [4.78, 5) is 22.8. The molecule has 2 atom stereocenters. The van der Waals surface area contributed by atoms with Gasteiger partial charge in [0.2, 0.25) is 5.76 Å². The van der Waals surface area contributed by atoms with Crippen molar-refractivity contribution in [2.75, 3.05) is 0 Å². The van der Waals surface area contributed by atoms with Gasteiger partial charge in [-0.15, -0.1) is 0 Å². The fourth-order valence-electron chi connectivity index (χ4n) is 1.40. The molecule has 0 saturated carbocycles. The van der Waals surface area contributed by atoms with Crippen molar-refractivity contribution in [3.05, 3.63) is 17.5 Å². The van der Waals surface area contributed by atoms with Crippen molar-refractivity contribution in [2.45, 2.75) is 33.2 Å². The zero-order valence-electron chi connectivity index (χ0n) is 10.1. The van der Waals surface area contributed by atoms with Crippen LogP contribution in [0.25, 0.3) is 0 Å². The third kappa shape index (κ3) is 3.05. The summed E-state index contributed by atoms with van der Waals surface area (Å²) in [7, 11) is 0. The Hall–Kier alpha value is -1.85. The molecule has 1 aromatic heterocycles. The van der Waals surface area contributed by atoms with Crippen LogP contribution in [0.3, 0.4) is 0 Å². The largest absolute Gasteiger partial charge is 0.480 e. The first-order chi connectivity index (χ1) is 7.97. The number of nitrogens with one attached hydrogen (secondary N) is 1. The second kappa shape index (κ2) is 5.47. The normalized spacial score (nSPS) is 14.1. The number of rotatable bonds is 5. The van der Waals surface area contributed by atoms with Gasteiger partial charge in [-0.2, -0.15) is 0 Å². The zero-order valence-corrected chi connectivity index (χ0v) is 10.1. The highest BCUT2D eigenvalue weighted by Gasteiger charge is 2.27. The SMILES string of the molecule is CC[C@H](C)[C@H](NC(=O)c1oncc1C)C(=O)O. The number of carbonyl (C=O) groups excluding carboxylic acids is 1. The molecule has 17 heavy (non-hydrogen) atoms. The van der Waals surface area contributed by atoms with Crippen molar-refractivity contribution in [2.24, 2.45) is 5.92 Å². The summed E-state index contributed by atoms with van der Waals surface area (Å²) in [6, 6.07) is -0.919. The van der Waals surface area contributed by atoms with E-state index in [1.165, 1.54) is 6.20 Å². The Morgan fingerprint density at radius 1 is 1.59 bits per heavy atom. The molecule has 94 valence electrons. The van der Waals surface area contributed by atoms with Gasteiger partial charge in [0.1, 0.15) is 6.04 Å². The van der Waals surface area contributed by atoms with Crippen LogP contribution >= 0.6 is 0 Å². The Bertz CT molecular complexity index is 413. The monoisotopic (exact) mass is 240 g/mol. The smallest absolute Gasteiger partial charge is 0.326 e. The van der Waals surface area contributed by atoms with Crippen LogP contribution in [0, 0.1) is 12.8 Å². The number of aryl methyl sites for hydroxylation is 1. The molecule has 1 heterocycles. The highest BCUT2D eigenvalue weighted by molar-refractivity contribution is 5.95. The average molecular weight is 240 g/mol. The van der Waals surface area contributed by atoms with E-state index in [0.717, 1.165) is 0 Å². The van der Waals surface area contributed by atoms with Gasteiger partial charge in [-0.3, -0.25) is 4.79 Å². The van der Waals surface area contributed by atoms with E-state index in [4.69, 9.17) is 9.63 Å². The molecule has 6 nitrogen and oxygen atoms in total. The van der Waals surface area contributed by atoms with Crippen molar-refractivity contribution in [1.29, 1.82) is 0 Å². The summed E-state index contributed by atoms with van der Waals surface area (Å²) in [5.74, 6) is -1.70. The number of nitrogens with zero attached hydrogens (tertiary/aromatic N) is 1. The first kappa shape index (κ1) is 13.2. The van der Waals surface area contributed by atoms with E-state index in [9.17, 15) is 9.59 Å². The quantitative estimate of drug-likeness (QED) is 0.807. The maximum Gasteiger partial charge on any atom is 0.326 e. The Labute approximate surface area is 99.0 Å². The van der Waals surface area contributed by atoms with Crippen molar-refractivity contribution in [3.63, 3.8) is 0 Å². The van der Waals surface area contributed by atoms with Crippen molar-refractivity contribution < 1.29 is 19.2 Å². The maximum atomic E-state index is 11.8. The molecule has 0 fully saturated rings. The maximum absolute atomic E-state index is 11.8. The molecule has 0 unspecified atom stereocenters. The van der Waals surface area contributed by atoms with Crippen LogP contribution in [0.1, 0.15) is 36.4 Å². The molecule has 0 aliphatic rings. The van der Waals surface area contributed by atoms with Crippen LogP contribution in [0.5, 0.6) is 0 Å². The van der Waals surface area contributed by atoms with E-state index in [-0.39, 0.29) is 11.7 Å². The van der Waals surface area contributed by atoms with Crippen LogP contribution in [-0.4, -0.2) is 28.2 Å². The third-order valence-corrected chi connectivity index (χ3v) is 2.72. The first-order valence-electron chi connectivity index (χ1n) is 5.42. The van der Waals surface area contributed by atoms with E-state index in [2.05, 4.69) is 10.5 Å². The van der Waals surface area contributed by atoms with E-state index in [0.29, 0.717) is 12.0 Å². The number of aromatic nitrogens is 1. The minimum absolute atomic E-state index is 0.0551. The van der Waals surface area contributed by atoms with Crippen LogP contribution < -0.4 is 5.32 Å².